The van der Waals surface area contributed by atoms with Crippen molar-refractivity contribution >= 4 is 11.9 Å². The van der Waals surface area contributed by atoms with Crippen LogP contribution in [0.25, 0.3) is 0 Å². The van der Waals surface area contributed by atoms with Crippen molar-refractivity contribution in [3.8, 4) is 0 Å². The van der Waals surface area contributed by atoms with Crippen LogP contribution in [0.15, 0.2) is 29.3 Å². The fourth-order valence-corrected chi connectivity index (χ4v) is 1.74. The molecule has 122 valence electrons. The van der Waals surface area contributed by atoms with Crippen LogP contribution in [0.1, 0.15) is 25.0 Å². The SMILES string of the molecule is Cc1ccccc1CN=C(NCC(=O)N(C)C)NCC(C)C. The van der Waals surface area contributed by atoms with Crippen molar-refractivity contribution in [1.29, 1.82) is 0 Å². The molecule has 0 unspecified atom stereocenters. The highest BCUT2D eigenvalue weighted by Crippen LogP contribution is 2.07. The topological polar surface area (TPSA) is 56.7 Å². The number of likely N-dealkylation sites (N-methyl/N-ethyl adjacent to an activating group) is 1. The molecule has 22 heavy (non-hydrogen) atoms. The van der Waals surface area contributed by atoms with Crippen molar-refractivity contribution in [2.24, 2.45) is 10.9 Å². The fourth-order valence-electron chi connectivity index (χ4n) is 1.74. The second-order valence-corrected chi connectivity index (χ2v) is 6.01. The van der Waals surface area contributed by atoms with E-state index in [1.165, 1.54) is 11.1 Å². The molecule has 1 rings (SSSR count). The number of aliphatic imine (C=N–C) groups is 1. The molecular weight excluding hydrogens is 276 g/mol. The molecule has 0 saturated carbocycles. The summed E-state index contributed by atoms with van der Waals surface area (Å²) in [6.45, 7) is 8.00. The molecule has 1 aromatic rings. The Labute approximate surface area is 133 Å². The molecule has 0 aliphatic rings. The molecule has 5 heteroatoms. The maximum atomic E-state index is 11.7. The van der Waals surface area contributed by atoms with Crippen molar-refractivity contribution in [3.63, 3.8) is 0 Å². The third-order valence-electron chi connectivity index (χ3n) is 3.25. The first kappa shape index (κ1) is 18.0. The molecule has 0 heterocycles. The molecule has 0 aromatic heterocycles. The lowest BCUT2D eigenvalue weighted by molar-refractivity contribution is -0.127. The molecule has 0 aliphatic heterocycles. The Bertz CT molecular complexity index is 509. The van der Waals surface area contributed by atoms with Gasteiger partial charge in [0.1, 0.15) is 0 Å². The summed E-state index contributed by atoms with van der Waals surface area (Å²) in [5.74, 6) is 1.21. The number of nitrogens with zero attached hydrogens (tertiary/aromatic N) is 2. The first-order chi connectivity index (χ1) is 10.4. The van der Waals surface area contributed by atoms with E-state index in [2.05, 4.69) is 48.5 Å². The summed E-state index contributed by atoms with van der Waals surface area (Å²) < 4.78 is 0. The number of carbonyl (C=O) groups excluding carboxylic acids is 1. The fraction of sp³-hybridized carbons (Fsp3) is 0.529. The molecule has 0 aliphatic carbocycles. The van der Waals surface area contributed by atoms with Crippen molar-refractivity contribution in [1.82, 2.24) is 15.5 Å². The molecule has 1 amide bonds. The van der Waals surface area contributed by atoms with Crippen LogP contribution < -0.4 is 10.6 Å². The van der Waals surface area contributed by atoms with E-state index in [4.69, 9.17) is 0 Å². The molecule has 0 radical (unpaired) electrons. The molecule has 2 N–H and O–H groups in total. The van der Waals surface area contributed by atoms with Crippen molar-refractivity contribution in [2.75, 3.05) is 27.2 Å². The smallest absolute Gasteiger partial charge is 0.241 e. The van der Waals surface area contributed by atoms with E-state index in [0.29, 0.717) is 18.4 Å². The van der Waals surface area contributed by atoms with Gasteiger partial charge in [0.2, 0.25) is 5.91 Å². The predicted molar refractivity (Wildman–Crippen MR) is 91.9 cm³/mol. The number of rotatable bonds is 6. The summed E-state index contributed by atoms with van der Waals surface area (Å²) in [6.07, 6.45) is 0. The van der Waals surface area contributed by atoms with Crippen LogP contribution in [0.3, 0.4) is 0 Å². The maximum Gasteiger partial charge on any atom is 0.241 e. The summed E-state index contributed by atoms with van der Waals surface area (Å²) in [4.78, 5) is 17.8. The van der Waals surface area contributed by atoms with Gasteiger partial charge in [-0.25, -0.2) is 4.99 Å². The molecule has 0 saturated heterocycles. The summed E-state index contributed by atoms with van der Waals surface area (Å²) in [5.41, 5.74) is 2.41. The number of hydrogen-bond donors (Lipinski definition) is 2. The van der Waals surface area contributed by atoms with Gasteiger partial charge in [-0.2, -0.15) is 0 Å². The van der Waals surface area contributed by atoms with Crippen LogP contribution in [0.5, 0.6) is 0 Å². The largest absolute Gasteiger partial charge is 0.356 e. The lowest BCUT2D eigenvalue weighted by atomic mass is 10.1. The molecule has 0 spiro atoms. The summed E-state index contributed by atoms with van der Waals surface area (Å²) in [6, 6.07) is 8.19. The van der Waals surface area contributed by atoms with E-state index < -0.39 is 0 Å². The van der Waals surface area contributed by atoms with Gasteiger partial charge < -0.3 is 15.5 Å². The normalized spacial score (nSPS) is 11.5. The Balaban J connectivity index is 2.69. The van der Waals surface area contributed by atoms with E-state index in [1.54, 1.807) is 19.0 Å². The summed E-state index contributed by atoms with van der Waals surface area (Å²) in [7, 11) is 3.49. The van der Waals surface area contributed by atoms with E-state index >= 15 is 0 Å². The second kappa shape index (κ2) is 9.07. The van der Waals surface area contributed by atoms with Gasteiger partial charge in [0.05, 0.1) is 13.1 Å². The average molecular weight is 304 g/mol. The molecule has 1 aromatic carbocycles. The van der Waals surface area contributed by atoms with Gasteiger partial charge in [0, 0.05) is 20.6 Å². The van der Waals surface area contributed by atoms with Gasteiger partial charge in [-0.1, -0.05) is 38.1 Å². The minimum atomic E-state index is 0.0231. The van der Waals surface area contributed by atoms with Crippen LogP contribution in [0, 0.1) is 12.8 Å². The van der Waals surface area contributed by atoms with E-state index in [-0.39, 0.29) is 12.5 Å². The zero-order chi connectivity index (χ0) is 16.5. The quantitative estimate of drug-likeness (QED) is 0.622. The van der Waals surface area contributed by atoms with E-state index in [0.717, 1.165) is 6.54 Å². The summed E-state index contributed by atoms with van der Waals surface area (Å²) >= 11 is 0. The Morgan fingerprint density at radius 1 is 1.23 bits per heavy atom. The monoisotopic (exact) mass is 304 g/mol. The Kier molecular flexibility index (Phi) is 7.43. The van der Waals surface area contributed by atoms with Gasteiger partial charge >= 0.3 is 0 Å². The Hall–Kier alpha value is -2.04. The van der Waals surface area contributed by atoms with Crippen LogP contribution in [0.4, 0.5) is 0 Å². The maximum absolute atomic E-state index is 11.7. The standard InChI is InChI=1S/C17H28N4O/c1-13(2)10-18-17(20-12-16(22)21(4)5)19-11-15-9-7-6-8-14(15)3/h6-9,13H,10-12H2,1-5H3,(H2,18,19,20). The minimum Gasteiger partial charge on any atom is -0.356 e. The van der Waals surface area contributed by atoms with Gasteiger partial charge in [-0.3, -0.25) is 4.79 Å². The lowest BCUT2D eigenvalue weighted by Gasteiger charge is -2.16. The third kappa shape index (κ3) is 6.61. The molecule has 5 nitrogen and oxygen atoms in total. The Morgan fingerprint density at radius 3 is 2.50 bits per heavy atom. The number of amides is 1. The molecular formula is C17H28N4O. The molecule has 0 atom stereocenters. The van der Waals surface area contributed by atoms with Crippen LogP contribution in [-0.2, 0) is 11.3 Å². The van der Waals surface area contributed by atoms with Crippen molar-refractivity contribution < 1.29 is 4.79 Å². The first-order valence-electron chi connectivity index (χ1n) is 7.67. The minimum absolute atomic E-state index is 0.0231. The van der Waals surface area contributed by atoms with Crippen molar-refractivity contribution in [2.45, 2.75) is 27.3 Å². The van der Waals surface area contributed by atoms with E-state index in [1.807, 2.05) is 12.1 Å². The van der Waals surface area contributed by atoms with E-state index in [9.17, 15) is 4.79 Å². The summed E-state index contributed by atoms with van der Waals surface area (Å²) in [5, 5.41) is 6.36. The number of aryl methyl sites for hydroxylation is 1. The third-order valence-corrected chi connectivity index (χ3v) is 3.25. The van der Waals surface area contributed by atoms with Crippen molar-refractivity contribution in [3.05, 3.63) is 35.4 Å². The number of carbonyl (C=O) groups is 1. The predicted octanol–water partition coefficient (Wildman–Crippen LogP) is 1.77. The van der Waals surface area contributed by atoms with Gasteiger partial charge in [-0.05, 0) is 24.0 Å². The van der Waals surface area contributed by atoms with Gasteiger partial charge in [-0.15, -0.1) is 0 Å². The van der Waals surface area contributed by atoms with Crippen LogP contribution in [-0.4, -0.2) is 44.0 Å². The highest BCUT2D eigenvalue weighted by Gasteiger charge is 2.06. The number of nitrogens with one attached hydrogen (secondary N) is 2. The zero-order valence-corrected chi connectivity index (χ0v) is 14.3. The van der Waals surface area contributed by atoms with Crippen LogP contribution >= 0.6 is 0 Å². The van der Waals surface area contributed by atoms with Crippen LogP contribution in [0.2, 0.25) is 0 Å². The highest BCUT2D eigenvalue weighted by molar-refractivity contribution is 5.86. The van der Waals surface area contributed by atoms with Gasteiger partial charge in [0.15, 0.2) is 5.96 Å². The molecule has 0 bridgehead atoms. The Morgan fingerprint density at radius 2 is 1.91 bits per heavy atom. The highest BCUT2D eigenvalue weighted by atomic mass is 16.2. The second-order valence-electron chi connectivity index (χ2n) is 6.01. The number of hydrogen-bond acceptors (Lipinski definition) is 2. The number of guanidine groups is 1. The molecule has 0 fully saturated rings. The zero-order valence-electron chi connectivity index (χ0n) is 14.3. The lowest BCUT2D eigenvalue weighted by Crippen LogP contribution is -2.44. The first-order valence-corrected chi connectivity index (χ1v) is 7.67. The van der Waals surface area contributed by atoms with Gasteiger partial charge in [0.25, 0.3) is 0 Å². The average Bonchev–Trinajstić information content (AvgIpc) is 2.47. The number of benzene rings is 1.